The van der Waals surface area contributed by atoms with Crippen LogP contribution in [0.2, 0.25) is 5.02 Å². The zero-order chi connectivity index (χ0) is 19.1. The average molecular weight is 375 g/mol. The Balaban J connectivity index is 2.14. The lowest BCUT2D eigenvalue weighted by molar-refractivity contribution is -0.123. The molecule has 0 aromatic heterocycles. The highest BCUT2D eigenvalue weighted by molar-refractivity contribution is 6.30. The molecule has 0 aliphatic heterocycles. The standard InChI is InChI=1S/C20H23ClN2O3/c1-3-5-17(13-8-10-14(11-9-13)20(25)26-2)23-19(24)18(22)15-6-4-7-16(21)12-15/h4,6-12,17-18H,3,5,22H2,1-2H3,(H,23,24). The van der Waals surface area contributed by atoms with Crippen molar-refractivity contribution in [2.24, 2.45) is 5.73 Å². The van der Waals surface area contributed by atoms with Crippen molar-refractivity contribution in [2.45, 2.75) is 31.8 Å². The van der Waals surface area contributed by atoms with Gasteiger partial charge < -0.3 is 15.8 Å². The summed E-state index contributed by atoms with van der Waals surface area (Å²) in [6.07, 6.45) is 1.64. The first-order valence-corrected chi connectivity index (χ1v) is 8.83. The first-order valence-electron chi connectivity index (χ1n) is 8.46. The summed E-state index contributed by atoms with van der Waals surface area (Å²) in [5.74, 6) is -0.668. The third kappa shape index (κ3) is 5.07. The SMILES string of the molecule is CCCC(NC(=O)C(N)c1cccc(Cl)c1)c1ccc(C(=O)OC)cc1. The zero-order valence-corrected chi connectivity index (χ0v) is 15.6. The second kappa shape index (κ2) is 9.36. The molecule has 1 amide bonds. The van der Waals surface area contributed by atoms with Gasteiger partial charge >= 0.3 is 5.97 Å². The van der Waals surface area contributed by atoms with Gasteiger partial charge in [0.25, 0.3) is 0 Å². The molecule has 6 heteroatoms. The van der Waals surface area contributed by atoms with E-state index in [2.05, 4.69) is 5.32 Å². The summed E-state index contributed by atoms with van der Waals surface area (Å²) in [5, 5.41) is 3.53. The fourth-order valence-electron chi connectivity index (χ4n) is 2.69. The molecule has 2 atom stereocenters. The molecular formula is C20H23ClN2O3. The Hall–Kier alpha value is -2.37. The van der Waals surface area contributed by atoms with Crippen molar-refractivity contribution in [3.8, 4) is 0 Å². The van der Waals surface area contributed by atoms with E-state index in [-0.39, 0.29) is 11.9 Å². The van der Waals surface area contributed by atoms with E-state index in [9.17, 15) is 9.59 Å². The molecule has 5 nitrogen and oxygen atoms in total. The number of benzene rings is 2. The number of carbonyl (C=O) groups excluding carboxylic acids is 2. The number of rotatable bonds is 7. The minimum atomic E-state index is -0.803. The minimum Gasteiger partial charge on any atom is -0.465 e. The number of halogens is 1. The van der Waals surface area contributed by atoms with Crippen LogP contribution in [-0.2, 0) is 9.53 Å². The smallest absolute Gasteiger partial charge is 0.337 e. The number of esters is 1. The predicted octanol–water partition coefficient (Wildman–Crippen LogP) is 3.78. The number of nitrogens with two attached hydrogens (primary N) is 1. The Morgan fingerprint density at radius 3 is 2.42 bits per heavy atom. The summed E-state index contributed by atoms with van der Waals surface area (Å²) in [7, 11) is 1.34. The normalized spacial score (nSPS) is 12.9. The summed E-state index contributed by atoms with van der Waals surface area (Å²) in [4.78, 5) is 24.1. The molecule has 0 saturated heterocycles. The molecule has 26 heavy (non-hydrogen) atoms. The van der Waals surface area contributed by atoms with Gasteiger partial charge in [0.2, 0.25) is 5.91 Å². The third-order valence-corrected chi connectivity index (χ3v) is 4.35. The van der Waals surface area contributed by atoms with E-state index in [1.54, 1.807) is 36.4 Å². The summed E-state index contributed by atoms with van der Waals surface area (Å²) < 4.78 is 4.70. The maximum atomic E-state index is 12.6. The molecule has 0 radical (unpaired) electrons. The van der Waals surface area contributed by atoms with Crippen LogP contribution in [0.15, 0.2) is 48.5 Å². The molecule has 138 valence electrons. The molecule has 0 bridgehead atoms. The Morgan fingerprint density at radius 1 is 1.15 bits per heavy atom. The number of hydrogen-bond donors (Lipinski definition) is 2. The summed E-state index contributed by atoms with van der Waals surface area (Å²) in [6.45, 7) is 2.04. The van der Waals surface area contributed by atoms with Crippen molar-refractivity contribution in [1.29, 1.82) is 0 Å². The topological polar surface area (TPSA) is 81.4 Å². The lowest BCUT2D eigenvalue weighted by Gasteiger charge is -2.21. The number of carbonyl (C=O) groups is 2. The van der Waals surface area contributed by atoms with Gasteiger partial charge in [0.1, 0.15) is 6.04 Å². The lowest BCUT2D eigenvalue weighted by Crippen LogP contribution is -2.36. The van der Waals surface area contributed by atoms with Gasteiger partial charge in [-0.1, -0.05) is 49.2 Å². The molecule has 3 N–H and O–H groups in total. The second-order valence-electron chi connectivity index (χ2n) is 6.00. The first kappa shape index (κ1) is 19.9. The van der Waals surface area contributed by atoms with Crippen LogP contribution in [-0.4, -0.2) is 19.0 Å². The molecule has 0 spiro atoms. The zero-order valence-electron chi connectivity index (χ0n) is 14.9. The first-order chi connectivity index (χ1) is 12.5. The molecule has 2 aromatic rings. The van der Waals surface area contributed by atoms with Crippen LogP contribution < -0.4 is 11.1 Å². The monoisotopic (exact) mass is 374 g/mol. The molecule has 0 heterocycles. The number of methoxy groups -OCH3 is 1. The van der Waals surface area contributed by atoms with Crippen molar-refractivity contribution in [3.63, 3.8) is 0 Å². The van der Waals surface area contributed by atoms with E-state index >= 15 is 0 Å². The van der Waals surface area contributed by atoms with Gasteiger partial charge in [-0.25, -0.2) is 4.79 Å². The summed E-state index contributed by atoms with van der Waals surface area (Å²) in [5.41, 5.74) is 8.11. The largest absolute Gasteiger partial charge is 0.465 e. The quantitative estimate of drug-likeness (QED) is 0.722. The number of amides is 1. The highest BCUT2D eigenvalue weighted by Gasteiger charge is 2.21. The van der Waals surface area contributed by atoms with Crippen LogP contribution in [0.25, 0.3) is 0 Å². The highest BCUT2D eigenvalue weighted by Crippen LogP contribution is 2.22. The number of hydrogen-bond acceptors (Lipinski definition) is 4. The van der Waals surface area contributed by atoms with Gasteiger partial charge in [-0.15, -0.1) is 0 Å². The van der Waals surface area contributed by atoms with E-state index in [0.717, 1.165) is 18.4 Å². The second-order valence-corrected chi connectivity index (χ2v) is 6.43. The highest BCUT2D eigenvalue weighted by atomic mass is 35.5. The molecule has 2 unspecified atom stereocenters. The van der Waals surface area contributed by atoms with Crippen molar-refractivity contribution in [2.75, 3.05) is 7.11 Å². The van der Waals surface area contributed by atoms with Crippen LogP contribution in [0.4, 0.5) is 0 Å². The van der Waals surface area contributed by atoms with Gasteiger partial charge in [0.05, 0.1) is 18.7 Å². The Bertz CT molecular complexity index is 762. The molecule has 0 fully saturated rings. The maximum Gasteiger partial charge on any atom is 0.337 e. The Labute approximate surface area is 158 Å². The van der Waals surface area contributed by atoms with Crippen LogP contribution in [0.5, 0.6) is 0 Å². The van der Waals surface area contributed by atoms with E-state index in [1.165, 1.54) is 7.11 Å². The van der Waals surface area contributed by atoms with E-state index in [4.69, 9.17) is 22.1 Å². The average Bonchev–Trinajstić information content (AvgIpc) is 2.66. The van der Waals surface area contributed by atoms with E-state index in [0.29, 0.717) is 16.1 Å². The maximum absolute atomic E-state index is 12.6. The Kier molecular flexibility index (Phi) is 7.18. The molecule has 0 aliphatic rings. The van der Waals surface area contributed by atoms with Crippen molar-refractivity contribution >= 4 is 23.5 Å². The summed E-state index contributed by atoms with van der Waals surface area (Å²) >= 11 is 5.97. The van der Waals surface area contributed by atoms with Gasteiger partial charge in [-0.05, 0) is 41.8 Å². The van der Waals surface area contributed by atoms with Crippen molar-refractivity contribution in [1.82, 2.24) is 5.32 Å². The fourth-order valence-corrected chi connectivity index (χ4v) is 2.89. The van der Waals surface area contributed by atoms with Crippen LogP contribution >= 0.6 is 11.6 Å². The van der Waals surface area contributed by atoms with Gasteiger partial charge in [0, 0.05) is 5.02 Å². The van der Waals surface area contributed by atoms with Gasteiger partial charge in [-0.3, -0.25) is 4.79 Å². The number of nitrogens with one attached hydrogen (secondary N) is 1. The van der Waals surface area contributed by atoms with Gasteiger partial charge in [0.15, 0.2) is 0 Å². The van der Waals surface area contributed by atoms with E-state index < -0.39 is 12.0 Å². The lowest BCUT2D eigenvalue weighted by atomic mass is 9.99. The van der Waals surface area contributed by atoms with Crippen molar-refractivity contribution < 1.29 is 14.3 Å². The molecule has 2 aromatic carbocycles. The Morgan fingerprint density at radius 2 is 1.85 bits per heavy atom. The van der Waals surface area contributed by atoms with Gasteiger partial charge in [-0.2, -0.15) is 0 Å². The minimum absolute atomic E-state index is 0.190. The van der Waals surface area contributed by atoms with E-state index in [1.807, 2.05) is 19.1 Å². The third-order valence-electron chi connectivity index (χ3n) is 4.12. The summed E-state index contributed by atoms with van der Waals surface area (Å²) in [6, 6.07) is 13.0. The molecule has 0 aliphatic carbocycles. The molecule has 0 saturated carbocycles. The predicted molar refractivity (Wildman–Crippen MR) is 102 cm³/mol. The molecular weight excluding hydrogens is 352 g/mol. The number of ether oxygens (including phenoxy) is 1. The van der Waals surface area contributed by atoms with Crippen LogP contribution in [0.1, 0.15) is 53.3 Å². The fraction of sp³-hybridized carbons (Fsp3) is 0.300. The van der Waals surface area contributed by atoms with Crippen molar-refractivity contribution in [3.05, 3.63) is 70.2 Å². The van der Waals surface area contributed by atoms with Crippen LogP contribution in [0.3, 0.4) is 0 Å². The molecule has 2 rings (SSSR count). The van der Waals surface area contributed by atoms with Crippen LogP contribution in [0, 0.1) is 0 Å².